The van der Waals surface area contributed by atoms with Crippen molar-refractivity contribution in [1.82, 2.24) is 4.89 Å². The highest BCUT2D eigenvalue weighted by atomic mass is 79.9. The Kier molecular flexibility index (Phi) is 4.35. The Balaban J connectivity index is 2.98. The fourth-order valence-corrected chi connectivity index (χ4v) is 3.19. The summed E-state index contributed by atoms with van der Waals surface area (Å²) >= 11 is 3.23. The summed E-state index contributed by atoms with van der Waals surface area (Å²) < 4.78 is 24.4. The maximum atomic E-state index is 11.9. The second-order valence-electron chi connectivity index (χ2n) is 4.74. The summed E-state index contributed by atoms with van der Waals surface area (Å²) in [6, 6.07) is 5.01. The molecule has 96 valence electrons. The van der Waals surface area contributed by atoms with E-state index in [-0.39, 0.29) is 4.90 Å². The molecule has 0 saturated carbocycles. The zero-order chi connectivity index (χ0) is 13.3. The van der Waals surface area contributed by atoms with Gasteiger partial charge in [0.2, 0.25) is 0 Å². The average Bonchev–Trinajstić information content (AvgIpc) is 2.13. The molecule has 0 heterocycles. The number of nitrogens with one attached hydrogen (secondary N) is 1. The van der Waals surface area contributed by atoms with Gasteiger partial charge in [0.15, 0.2) is 0 Å². The lowest BCUT2D eigenvalue weighted by Crippen LogP contribution is -2.33. The fourth-order valence-electron chi connectivity index (χ4n) is 1.05. The smallest absolute Gasteiger partial charge is 0.263 e. The minimum absolute atomic E-state index is 0.160. The van der Waals surface area contributed by atoms with Crippen molar-refractivity contribution in [3.63, 3.8) is 0 Å². The van der Waals surface area contributed by atoms with Crippen molar-refractivity contribution >= 4 is 26.0 Å². The van der Waals surface area contributed by atoms with E-state index in [0.29, 0.717) is 4.47 Å². The summed E-state index contributed by atoms with van der Waals surface area (Å²) in [7, 11) is -3.66. The quantitative estimate of drug-likeness (QED) is 0.871. The van der Waals surface area contributed by atoms with Gasteiger partial charge in [-0.15, -0.1) is 0 Å². The molecule has 1 aromatic carbocycles. The molecule has 0 radical (unpaired) electrons. The predicted molar refractivity (Wildman–Crippen MR) is 70.0 cm³/mol. The van der Waals surface area contributed by atoms with Crippen molar-refractivity contribution in [3.05, 3.63) is 28.2 Å². The van der Waals surface area contributed by atoms with Crippen LogP contribution in [0.4, 0.5) is 0 Å². The third-order valence-corrected chi connectivity index (χ3v) is 3.99. The molecule has 0 aliphatic carbocycles. The topological polar surface area (TPSA) is 55.4 Å². The Labute approximate surface area is 111 Å². The maximum absolute atomic E-state index is 11.9. The molecular weight excluding hydrogens is 306 g/mol. The third kappa shape index (κ3) is 4.39. The molecule has 1 rings (SSSR count). The first-order chi connectivity index (χ1) is 7.62. The maximum Gasteiger partial charge on any atom is 0.263 e. The van der Waals surface area contributed by atoms with Gasteiger partial charge in [-0.05, 0) is 61.3 Å². The lowest BCUT2D eigenvalue weighted by molar-refractivity contribution is -0.0357. The van der Waals surface area contributed by atoms with Gasteiger partial charge in [-0.2, -0.15) is 0 Å². The van der Waals surface area contributed by atoms with E-state index in [9.17, 15) is 8.42 Å². The van der Waals surface area contributed by atoms with Gasteiger partial charge in [0.25, 0.3) is 10.0 Å². The Morgan fingerprint density at radius 2 is 1.88 bits per heavy atom. The summed E-state index contributed by atoms with van der Waals surface area (Å²) in [6.07, 6.45) is 0. The zero-order valence-electron chi connectivity index (χ0n) is 10.2. The summed E-state index contributed by atoms with van der Waals surface area (Å²) in [4.78, 5) is 7.35. The molecule has 6 heteroatoms. The summed E-state index contributed by atoms with van der Waals surface area (Å²) in [5.74, 6) is 0. The predicted octanol–water partition coefficient (Wildman–Crippen LogP) is 2.77. The van der Waals surface area contributed by atoms with Gasteiger partial charge in [0.1, 0.15) is 0 Å². The molecule has 0 aromatic heterocycles. The molecule has 1 aromatic rings. The molecule has 0 spiro atoms. The largest absolute Gasteiger partial charge is 0.281 e. The van der Waals surface area contributed by atoms with Crippen LogP contribution >= 0.6 is 15.9 Å². The van der Waals surface area contributed by atoms with Crippen LogP contribution in [0.5, 0.6) is 0 Å². The van der Waals surface area contributed by atoms with Crippen molar-refractivity contribution in [2.24, 2.45) is 0 Å². The summed E-state index contributed by atoms with van der Waals surface area (Å²) in [5.41, 5.74) is 0.400. The number of benzene rings is 1. The summed E-state index contributed by atoms with van der Waals surface area (Å²) in [6.45, 7) is 7.18. The van der Waals surface area contributed by atoms with Gasteiger partial charge in [-0.25, -0.2) is 8.42 Å². The molecular formula is C11H16BrNO3S. The number of rotatable bonds is 3. The van der Waals surface area contributed by atoms with Crippen molar-refractivity contribution < 1.29 is 13.3 Å². The van der Waals surface area contributed by atoms with Crippen LogP contribution in [-0.2, 0) is 14.9 Å². The molecule has 0 bridgehead atoms. The number of hydrogen-bond donors (Lipinski definition) is 1. The average molecular weight is 322 g/mol. The second kappa shape index (κ2) is 5.06. The van der Waals surface area contributed by atoms with Gasteiger partial charge in [-0.1, -0.05) is 11.0 Å². The highest BCUT2D eigenvalue weighted by Crippen LogP contribution is 2.23. The van der Waals surface area contributed by atoms with Crippen LogP contribution in [-0.4, -0.2) is 14.0 Å². The lowest BCUT2D eigenvalue weighted by Gasteiger charge is -2.19. The van der Waals surface area contributed by atoms with E-state index in [1.54, 1.807) is 32.9 Å². The van der Waals surface area contributed by atoms with Crippen LogP contribution in [0, 0.1) is 6.92 Å². The number of hydrogen-bond acceptors (Lipinski definition) is 3. The number of sulfonamides is 1. The Morgan fingerprint density at radius 1 is 1.29 bits per heavy atom. The minimum Gasteiger partial charge on any atom is -0.281 e. The fraction of sp³-hybridized carbons (Fsp3) is 0.455. The van der Waals surface area contributed by atoms with E-state index in [1.807, 2.05) is 6.92 Å². The molecule has 17 heavy (non-hydrogen) atoms. The van der Waals surface area contributed by atoms with E-state index in [4.69, 9.17) is 4.84 Å². The van der Waals surface area contributed by atoms with Crippen LogP contribution in [0.1, 0.15) is 26.3 Å². The van der Waals surface area contributed by atoms with Crippen molar-refractivity contribution in [3.8, 4) is 0 Å². The normalized spacial score (nSPS) is 12.8. The molecule has 1 N–H and O–H groups in total. The molecule has 0 atom stereocenters. The van der Waals surface area contributed by atoms with Gasteiger partial charge < -0.3 is 0 Å². The van der Waals surface area contributed by atoms with Crippen LogP contribution < -0.4 is 4.89 Å². The van der Waals surface area contributed by atoms with Crippen molar-refractivity contribution in [1.29, 1.82) is 0 Å². The number of halogens is 1. The Morgan fingerprint density at radius 3 is 2.35 bits per heavy atom. The van der Waals surface area contributed by atoms with Crippen LogP contribution in [0.25, 0.3) is 0 Å². The molecule has 0 unspecified atom stereocenters. The lowest BCUT2D eigenvalue weighted by atomic mass is 10.2. The van der Waals surface area contributed by atoms with Gasteiger partial charge in [0.05, 0.1) is 10.5 Å². The van der Waals surface area contributed by atoms with E-state index < -0.39 is 15.6 Å². The molecule has 0 aliphatic rings. The van der Waals surface area contributed by atoms with E-state index >= 15 is 0 Å². The van der Waals surface area contributed by atoms with Crippen molar-refractivity contribution in [2.75, 3.05) is 0 Å². The highest BCUT2D eigenvalue weighted by molar-refractivity contribution is 9.10. The zero-order valence-corrected chi connectivity index (χ0v) is 12.6. The van der Waals surface area contributed by atoms with Gasteiger partial charge in [0, 0.05) is 4.47 Å². The number of aryl methyl sites for hydroxylation is 1. The third-order valence-electron chi connectivity index (χ3n) is 1.83. The highest BCUT2D eigenvalue weighted by Gasteiger charge is 2.21. The van der Waals surface area contributed by atoms with Gasteiger partial charge >= 0.3 is 0 Å². The van der Waals surface area contributed by atoms with Crippen LogP contribution in [0.15, 0.2) is 27.6 Å². The van der Waals surface area contributed by atoms with Crippen LogP contribution in [0.3, 0.4) is 0 Å². The molecule has 0 saturated heterocycles. The molecule has 4 nitrogen and oxygen atoms in total. The second-order valence-corrected chi connectivity index (χ2v) is 7.20. The molecule has 0 amide bonds. The van der Waals surface area contributed by atoms with Crippen molar-refractivity contribution in [2.45, 2.75) is 38.2 Å². The Hall–Kier alpha value is -0.430. The molecule has 0 aliphatic heterocycles. The SMILES string of the molecule is Cc1ccc(S(=O)(=O)NOC(C)(C)C)c(Br)c1. The summed E-state index contributed by atoms with van der Waals surface area (Å²) in [5, 5.41) is 0. The first-order valence-corrected chi connectivity index (χ1v) is 7.35. The van der Waals surface area contributed by atoms with Crippen LogP contribution in [0.2, 0.25) is 0 Å². The monoisotopic (exact) mass is 321 g/mol. The van der Waals surface area contributed by atoms with E-state index in [0.717, 1.165) is 5.56 Å². The van der Waals surface area contributed by atoms with E-state index in [1.165, 1.54) is 6.07 Å². The van der Waals surface area contributed by atoms with Gasteiger partial charge in [-0.3, -0.25) is 4.84 Å². The van der Waals surface area contributed by atoms with E-state index in [2.05, 4.69) is 20.8 Å². The minimum atomic E-state index is -3.66. The first kappa shape index (κ1) is 14.6. The Bertz CT molecular complexity index is 506. The first-order valence-electron chi connectivity index (χ1n) is 5.08. The standard InChI is InChI=1S/C11H16BrNO3S/c1-8-5-6-10(9(12)7-8)17(14,15)13-16-11(2,3)4/h5-7,13H,1-4H3. The molecule has 0 fully saturated rings.